The minimum Gasteiger partial charge on any atom is -0.313 e. The minimum absolute atomic E-state index is 0.407. The lowest BCUT2D eigenvalue weighted by Gasteiger charge is -2.31. The van der Waals surface area contributed by atoms with E-state index in [4.69, 9.17) is 0 Å². The zero-order valence-corrected chi connectivity index (χ0v) is 14.0. The van der Waals surface area contributed by atoms with E-state index in [2.05, 4.69) is 80.3 Å². The second kappa shape index (κ2) is 6.02. The van der Waals surface area contributed by atoms with Crippen LogP contribution in [0.3, 0.4) is 0 Å². The molecule has 3 rings (SSSR count). The lowest BCUT2D eigenvalue weighted by atomic mass is 9.87. The van der Waals surface area contributed by atoms with Gasteiger partial charge in [-0.15, -0.1) is 11.8 Å². The van der Waals surface area contributed by atoms with Gasteiger partial charge in [-0.25, -0.2) is 0 Å². The van der Waals surface area contributed by atoms with Gasteiger partial charge in [0.25, 0.3) is 0 Å². The number of hydrogen-bond donors (Lipinski definition) is 1. The molecule has 0 spiro atoms. The molecule has 1 nitrogen and oxygen atoms in total. The second-order valence-electron chi connectivity index (χ2n) is 6.73. The molecule has 21 heavy (non-hydrogen) atoms. The van der Waals surface area contributed by atoms with E-state index in [9.17, 15) is 0 Å². The van der Waals surface area contributed by atoms with Crippen LogP contribution in [0.25, 0.3) is 10.8 Å². The average Bonchev–Trinajstić information content (AvgIpc) is 2.75. The van der Waals surface area contributed by atoms with Crippen molar-refractivity contribution in [3.05, 3.63) is 42.5 Å². The highest BCUT2D eigenvalue weighted by Gasteiger charge is 2.41. The molecule has 0 bridgehead atoms. The molecule has 2 atom stereocenters. The Kier molecular flexibility index (Phi) is 4.28. The Morgan fingerprint density at radius 2 is 1.90 bits per heavy atom. The quantitative estimate of drug-likeness (QED) is 0.843. The number of benzene rings is 2. The molecule has 2 heteroatoms. The Hall–Kier alpha value is -0.990. The molecule has 1 fully saturated rings. The highest BCUT2D eigenvalue weighted by atomic mass is 32.2. The highest BCUT2D eigenvalue weighted by Crippen LogP contribution is 2.45. The number of rotatable bonds is 4. The summed E-state index contributed by atoms with van der Waals surface area (Å²) in [5.41, 5.74) is 0.407. The molecule has 0 amide bonds. The first kappa shape index (κ1) is 14.9. The Labute approximate surface area is 132 Å². The van der Waals surface area contributed by atoms with Crippen molar-refractivity contribution in [2.45, 2.75) is 49.8 Å². The van der Waals surface area contributed by atoms with Gasteiger partial charge in [0.1, 0.15) is 0 Å². The van der Waals surface area contributed by atoms with Gasteiger partial charge in [-0.05, 0) is 47.7 Å². The number of fused-ring (bicyclic) bond motifs is 1. The van der Waals surface area contributed by atoms with Gasteiger partial charge in [-0.1, -0.05) is 51.1 Å². The fourth-order valence-corrected chi connectivity index (χ4v) is 5.04. The van der Waals surface area contributed by atoms with Crippen LogP contribution < -0.4 is 5.32 Å². The summed E-state index contributed by atoms with van der Waals surface area (Å²) in [7, 11) is 0. The van der Waals surface area contributed by atoms with Crippen molar-refractivity contribution in [1.29, 1.82) is 0 Å². The summed E-state index contributed by atoms with van der Waals surface area (Å²) in [6, 6.07) is 16.1. The number of thioether (sulfide) groups is 1. The first-order valence-electron chi connectivity index (χ1n) is 7.99. The third kappa shape index (κ3) is 3.12. The molecule has 1 aliphatic carbocycles. The van der Waals surface area contributed by atoms with Crippen LogP contribution in [0.2, 0.25) is 0 Å². The molecule has 1 saturated carbocycles. The van der Waals surface area contributed by atoms with E-state index in [0.717, 1.165) is 6.54 Å². The summed E-state index contributed by atoms with van der Waals surface area (Å²) in [5, 5.41) is 7.08. The average molecular weight is 299 g/mol. The highest BCUT2D eigenvalue weighted by molar-refractivity contribution is 8.00. The first-order valence-corrected chi connectivity index (χ1v) is 8.87. The van der Waals surface area contributed by atoms with Gasteiger partial charge in [-0.2, -0.15) is 0 Å². The molecular formula is C19H25NS. The lowest BCUT2D eigenvalue weighted by molar-refractivity contribution is 0.290. The molecule has 0 heterocycles. The summed E-state index contributed by atoms with van der Waals surface area (Å²) >= 11 is 2.05. The summed E-state index contributed by atoms with van der Waals surface area (Å²) in [4.78, 5) is 1.40. The molecule has 0 aliphatic heterocycles. The Morgan fingerprint density at radius 1 is 1.14 bits per heavy atom. The maximum absolute atomic E-state index is 3.72. The summed E-state index contributed by atoms with van der Waals surface area (Å²) < 4.78 is 0. The predicted octanol–water partition coefficient (Wildman–Crippen LogP) is 5.10. The maximum Gasteiger partial charge on any atom is 0.0253 e. The van der Waals surface area contributed by atoms with Crippen LogP contribution >= 0.6 is 11.8 Å². The molecule has 112 valence electrons. The second-order valence-corrected chi connectivity index (χ2v) is 8.04. The van der Waals surface area contributed by atoms with Crippen LogP contribution in [0.15, 0.2) is 47.4 Å². The molecule has 2 aromatic rings. The molecule has 0 aromatic heterocycles. The van der Waals surface area contributed by atoms with Crippen LogP contribution in [0, 0.1) is 5.41 Å². The fraction of sp³-hybridized carbons (Fsp3) is 0.474. The van der Waals surface area contributed by atoms with Gasteiger partial charge in [-0.3, -0.25) is 0 Å². The van der Waals surface area contributed by atoms with Gasteiger partial charge < -0.3 is 5.32 Å². The zero-order valence-electron chi connectivity index (χ0n) is 13.2. The molecule has 0 radical (unpaired) electrons. The number of nitrogens with one attached hydrogen (secondary N) is 1. The van der Waals surface area contributed by atoms with Crippen molar-refractivity contribution in [2.24, 2.45) is 5.41 Å². The van der Waals surface area contributed by atoms with E-state index in [1.54, 1.807) is 0 Å². The summed E-state index contributed by atoms with van der Waals surface area (Å²) in [5.74, 6) is 0. The van der Waals surface area contributed by atoms with E-state index in [-0.39, 0.29) is 0 Å². The molecule has 2 aromatic carbocycles. The van der Waals surface area contributed by atoms with Gasteiger partial charge in [0, 0.05) is 16.2 Å². The maximum atomic E-state index is 3.72. The topological polar surface area (TPSA) is 12.0 Å². The standard InChI is InChI=1S/C19H25NS/c1-4-20-18-17(11-12-19(18,2)3)21-16-10-9-14-7-5-6-8-15(14)13-16/h5-10,13,17-18,20H,4,11-12H2,1-3H3. The van der Waals surface area contributed by atoms with Crippen LogP contribution in [0.5, 0.6) is 0 Å². The Bertz CT molecular complexity index is 620. The van der Waals surface area contributed by atoms with Crippen LogP contribution in [0.4, 0.5) is 0 Å². The lowest BCUT2D eigenvalue weighted by Crippen LogP contribution is -2.43. The van der Waals surface area contributed by atoms with Crippen LogP contribution in [0.1, 0.15) is 33.6 Å². The van der Waals surface area contributed by atoms with Crippen molar-refractivity contribution >= 4 is 22.5 Å². The summed E-state index contributed by atoms with van der Waals surface area (Å²) in [6.45, 7) is 8.08. The van der Waals surface area contributed by atoms with Gasteiger partial charge in [0.2, 0.25) is 0 Å². The molecular weight excluding hydrogens is 274 g/mol. The molecule has 1 aliphatic rings. The SMILES string of the molecule is CCNC1C(Sc2ccc3ccccc3c2)CCC1(C)C. The monoisotopic (exact) mass is 299 g/mol. The van der Waals surface area contributed by atoms with E-state index in [1.165, 1.54) is 28.5 Å². The van der Waals surface area contributed by atoms with Crippen molar-refractivity contribution in [1.82, 2.24) is 5.32 Å². The van der Waals surface area contributed by atoms with Gasteiger partial charge in [0.15, 0.2) is 0 Å². The molecule has 1 N–H and O–H groups in total. The molecule has 0 saturated heterocycles. The summed E-state index contributed by atoms with van der Waals surface area (Å²) in [6.07, 6.45) is 2.62. The smallest absolute Gasteiger partial charge is 0.0253 e. The van der Waals surface area contributed by atoms with Crippen molar-refractivity contribution < 1.29 is 0 Å². The van der Waals surface area contributed by atoms with Crippen LogP contribution in [-0.2, 0) is 0 Å². The zero-order chi connectivity index (χ0) is 14.9. The number of hydrogen-bond acceptors (Lipinski definition) is 2. The van der Waals surface area contributed by atoms with E-state index >= 15 is 0 Å². The van der Waals surface area contributed by atoms with Crippen molar-refractivity contribution in [3.63, 3.8) is 0 Å². The van der Waals surface area contributed by atoms with Crippen molar-refractivity contribution in [2.75, 3.05) is 6.54 Å². The van der Waals surface area contributed by atoms with Crippen LogP contribution in [-0.4, -0.2) is 17.8 Å². The predicted molar refractivity (Wildman–Crippen MR) is 94.1 cm³/mol. The fourth-order valence-electron chi connectivity index (χ4n) is 3.51. The van der Waals surface area contributed by atoms with Gasteiger partial charge >= 0.3 is 0 Å². The van der Waals surface area contributed by atoms with E-state index < -0.39 is 0 Å². The first-order chi connectivity index (χ1) is 10.1. The normalized spacial score (nSPS) is 24.5. The third-order valence-electron chi connectivity index (χ3n) is 4.72. The Morgan fingerprint density at radius 3 is 2.67 bits per heavy atom. The van der Waals surface area contributed by atoms with Crippen molar-refractivity contribution in [3.8, 4) is 0 Å². The largest absolute Gasteiger partial charge is 0.313 e. The Balaban J connectivity index is 1.81. The van der Waals surface area contributed by atoms with E-state index in [0.29, 0.717) is 16.7 Å². The van der Waals surface area contributed by atoms with Gasteiger partial charge in [0.05, 0.1) is 0 Å². The molecule has 2 unspecified atom stereocenters. The minimum atomic E-state index is 0.407. The third-order valence-corrected chi connectivity index (χ3v) is 6.06. The van der Waals surface area contributed by atoms with E-state index in [1.807, 2.05) is 0 Å².